The first kappa shape index (κ1) is 17.1. The van der Waals surface area contributed by atoms with Gasteiger partial charge in [0.1, 0.15) is 11.6 Å². The van der Waals surface area contributed by atoms with Gasteiger partial charge in [0.05, 0.1) is 6.04 Å². The molecule has 1 saturated heterocycles. The zero-order chi connectivity index (χ0) is 18.0. The van der Waals surface area contributed by atoms with Gasteiger partial charge in [-0.15, -0.1) is 0 Å². The molecule has 2 heterocycles. The van der Waals surface area contributed by atoms with Gasteiger partial charge in [-0.2, -0.15) is 5.10 Å². The Morgan fingerprint density at radius 3 is 2.68 bits per heavy atom. The standard InChI is InChI=1S/C18H23N5O2/c1-12-20-13(2)23(21-12)16-8-5-9-22(11-16)18(25)15-7-4-6-14(10-15)17(24)19-3/h4,6-7,10,16H,5,8-9,11H2,1-3H3,(H,19,24). The number of amides is 2. The summed E-state index contributed by atoms with van der Waals surface area (Å²) in [6, 6.07) is 6.99. The van der Waals surface area contributed by atoms with E-state index in [0.29, 0.717) is 24.2 Å². The number of nitrogens with zero attached hydrogens (tertiary/aromatic N) is 4. The monoisotopic (exact) mass is 341 g/mol. The van der Waals surface area contributed by atoms with E-state index in [1.807, 2.05) is 23.4 Å². The first-order valence-electron chi connectivity index (χ1n) is 8.50. The van der Waals surface area contributed by atoms with Crippen molar-refractivity contribution in [2.75, 3.05) is 20.1 Å². The van der Waals surface area contributed by atoms with Gasteiger partial charge in [-0.25, -0.2) is 9.67 Å². The molecule has 1 unspecified atom stereocenters. The lowest BCUT2D eigenvalue weighted by atomic mass is 10.0. The van der Waals surface area contributed by atoms with E-state index in [1.54, 1.807) is 31.3 Å². The molecular weight excluding hydrogens is 318 g/mol. The van der Waals surface area contributed by atoms with Gasteiger partial charge in [0, 0.05) is 31.3 Å². The number of nitrogens with one attached hydrogen (secondary N) is 1. The fraction of sp³-hybridized carbons (Fsp3) is 0.444. The third-order valence-corrected chi connectivity index (χ3v) is 4.54. The average molecular weight is 341 g/mol. The molecule has 1 aliphatic rings. The zero-order valence-electron chi connectivity index (χ0n) is 14.8. The summed E-state index contributed by atoms with van der Waals surface area (Å²) in [7, 11) is 1.58. The molecule has 132 valence electrons. The Morgan fingerprint density at radius 2 is 2.00 bits per heavy atom. The lowest BCUT2D eigenvalue weighted by Gasteiger charge is -2.33. The van der Waals surface area contributed by atoms with E-state index in [4.69, 9.17) is 0 Å². The Kier molecular flexibility index (Phi) is 4.83. The van der Waals surface area contributed by atoms with Crippen molar-refractivity contribution in [2.45, 2.75) is 32.7 Å². The van der Waals surface area contributed by atoms with Crippen LogP contribution in [0.4, 0.5) is 0 Å². The number of piperidine rings is 1. The Bertz CT molecular complexity index is 799. The maximum atomic E-state index is 12.9. The highest BCUT2D eigenvalue weighted by Gasteiger charge is 2.27. The second-order valence-electron chi connectivity index (χ2n) is 6.36. The first-order chi connectivity index (χ1) is 12.0. The van der Waals surface area contributed by atoms with Crippen LogP contribution in [0.25, 0.3) is 0 Å². The molecule has 7 nitrogen and oxygen atoms in total. The molecule has 1 N–H and O–H groups in total. The molecule has 1 atom stereocenters. The second kappa shape index (κ2) is 7.04. The molecule has 25 heavy (non-hydrogen) atoms. The van der Waals surface area contributed by atoms with E-state index in [1.165, 1.54) is 0 Å². The van der Waals surface area contributed by atoms with E-state index in [0.717, 1.165) is 24.5 Å². The summed E-state index contributed by atoms with van der Waals surface area (Å²) in [5.41, 5.74) is 1.03. The van der Waals surface area contributed by atoms with Crippen molar-refractivity contribution in [3.63, 3.8) is 0 Å². The smallest absolute Gasteiger partial charge is 0.253 e. The van der Waals surface area contributed by atoms with E-state index in [-0.39, 0.29) is 17.9 Å². The predicted molar refractivity (Wildman–Crippen MR) is 93.5 cm³/mol. The highest BCUT2D eigenvalue weighted by molar-refractivity contribution is 5.99. The molecule has 0 aliphatic carbocycles. The molecule has 2 aromatic rings. The van der Waals surface area contributed by atoms with Crippen LogP contribution in [0.15, 0.2) is 24.3 Å². The molecule has 0 spiro atoms. The molecule has 3 rings (SSSR count). The molecule has 0 saturated carbocycles. The minimum absolute atomic E-state index is 0.0510. The van der Waals surface area contributed by atoms with Crippen LogP contribution in [0, 0.1) is 13.8 Å². The molecule has 1 aromatic heterocycles. The minimum Gasteiger partial charge on any atom is -0.355 e. The van der Waals surface area contributed by atoms with Gasteiger partial charge in [0.25, 0.3) is 11.8 Å². The van der Waals surface area contributed by atoms with Crippen molar-refractivity contribution in [1.82, 2.24) is 25.0 Å². The van der Waals surface area contributed by atoms with Gasteiger partial charge in [-0.1, -0.05) is 6.07 Å². The number of hydrogen-bond acceptors (Lipinski definition) is 4. The van der Waals surface area contributed by atoms with Crippen LogP contribution in [-0.2, 0) is 0 Å². The summed E-state index contributed by atoms with van der Waals surface area (Å²) in [6.07, 6.45) is 1.90. The van der Waals surface area contributed by atoms with Crippen LogP contribution in [-0.4, -0.2) is 51.6 Å². The Morgan fingerprint density at radius 1 is 1.24 bits per heavy atom. The number of hydrogen-bond donors (Lipinski definition) is 1. The van der Waals surface area contributed by atoms with E-state index in [2.05, 4.69) is 15.4 Å². The van der Waals surface area contributed by atoms with Crippen LogP contribution in [0.1, 0.15) is 51.2 Å². The van der Waals surface area contributed by atoms with E-state index < -0.39 is 0 Å². The maximum Gasteiger partial charge on any atom is 0.253 e. The summed E-state index contributed by atoms with van der Waals surface area (Å²) >= 11 is 0. The first-order valence-corrected chi connectivity index (χ1v) is 8.50. The van der Waals surface area contributed by atoms with Crippen molar-refractivity contribution in [1.29, 1.82) is 0 Å². The van der Waals surface area contributed by atoms with Crippen molar-refractivity contribution < 1.29 is 9.59 Å². The molecule has 1 fully saturated rings. The Balaban J connectivity index is 1.78. The number of carbonyl (C=O) groups is 2. The largest absolute Gasteiger partial charge is 0.355 e. The van der Waals surface area contributed by atoms with Crippen LogP contribution in [0.2, 0.25) is 0 Å². The molecule has 7 heteroatoms. The highest BCUT2D eigenvalue weighted by atomic mass is 16.2. The topological polar surface area (TPSA) is 80.1 Å². The van der Waals surface area contributed by atoms with Gasteiger partial charge in [0.15, 0.2) is 0 Å². The van der Waals surface area contributed by atoms with Gasteiger partial charge in [-0.05, 0) is 44.9 Å². The lowest BCUT2D eigenvalue weighted by molar-refractivity contribution is 0.0671. The number of benzene rings is 1. The third kappa shape index (κ3) is 3.55. The summed E-state index contributed by atoms with van der Waals surface area (Å²) < 4.78 is 1.93. The quantitative estimate of drug-likeness (QED) is 0.922. The number of likely N-dealkylation sites (tertiary alicyclic amines) is 1. The van der Waals surface area contributed by atoms with Crippen LogP contribution in [0.5, 0.6) is 0 Å². The summed E-state index contributed by atoms with van der Waals surface area (Å²) in [5, 5.41) is 7.05. The highest BCUT2D eigenvalue weighted by Crippen LogP contribution is 2.23. The second-order valence-corrected chi connectivity index (χ2v) is 6.36. The third-order valence-electron chi connectivity index (χ3n) is 4.54. The maximum absolute atomic E-state index is 12.9. The van der Waals surface area contributed by atoms with Crippen molar-refractivity contribution in [3.8, 4) is 0 Å². The molecule has 0 bridgehead atoms. The molecule has 1 aromatic carbocycles. The van der Waals surface area contributed by atoms with Crippen molar-refractivity contribution >= 4 is 11.8 Å². The Hall–Kier alpha value is -2.70. The summed E-state index contributed by atoms with van der Waals surface area (Å²) in [6.45, 7) is 5.13. The fourth-order valence-electron chi connectivity index (χ4n) is 3.34. The van der Waals surface area contributed by atoms with Crippen molar-refractivity contribution in [3.05, 3.63) is 47.0 Å². The number of carbonyl (C=O) groups excluding carboxylic acids is 2. The van der Waals surface area contributed by atoms with E-state index in [9.17, 15) is 9.59 Å². The van der Waals surface area contributed by atoms with Gasteiger partial charge < -0.3 is 10.2 Å². The lowest BCUT2D eigenvalue weighted by Crippen LogP contribution is -2.41. The summed E-state index contributed by atoms with van der Waals surface area (Å²) in [4.78, 5) is 30.9. The number of aryl methyl sites for hydroxylation is 2. The van der Waals surface area contributed by atoms with Gasteiger partial charge >= 0.3 is 0 Å². The van der Waals surface area contributed by atoms with Crippen LogP contribution in [0.3, 0.4) is 0 Å². The fourth-order valence-corrected chi connectivity index (χ4v) is 3.34. The number of rotatable bonds is 3. The predicted octanol–water partition coefficient (Wildman–Crippen LogP) is 1.73. The molecule has 1 aliphatic heterocycles. The average Bonchev–Trinajstić information content (AvgIpc) is 2.98. The number of aromatic nitrogens is 3. The molecular formula is C18H23N5O2. The zero-order valence-corrected chi connectivity index (χ0v) is 14.8. The van der Waals surface area contributed by atoms with Gasteiger partial charge in [0.2, 0.25) is 0 Å². The van der Waals surface area contributed by atoms with Gasteiger partial charge in [-0.3, -0.25) is 9.59 Å². The van der Waals surface area contributed by atoms with Crippen LogP contribution >= 0.6 is 0 Å². The molecule has 0 radical (unpaired) electrons. The van der Waals surface area contributed by atoms with Crippen molar-refractivity contribution in [2.24, 2.45) is 0 Å². The Labute approximate surface area is 147 Å². The summed E-state index contributed by atoms with van der Waals surface area (Å²) in [5.74, 6) is 1.38. The minimum atomic E-state index is -0.195. The van der Waals surface area contributed by atoms with E-state index >= 15 is 0 Å². The normalized spacial score (nSPS) is 17.4. The SMILES string of the molecule is CNC(=O)c1cccc(C(=O)N2CCCC(n3nc(C)nc3C)C2)c1. The van der Waals surface area contributed by atoms with Crippen LogP contribution < -0.4 is 5.32 Å². The molecule has 2 amide bonds.